The lowest BCUT2D eigenvalue weighted by atomic mass is 9.71. The number of hydrogen-bond donors (Lipinski definition) is 1. The Morgan fingerprint density at radius 1 is 0.724 bits per heavy atom. The van der Waals surface area contributed by atoms with Crippen molar-refractivity contribution < 1.29 is 9.90 Å². The molecule has 2 heteroatoms. The van der Waals surface area contributed by atoms with Crippen LogP contribution in [0, 0.1) is 0 Å². The number of aliphatic hydroxyl groups is 1. The molecule has 0 unspecified atom stereocenters. The van der Waals surface area contributed by atoms with Crippen LogP contribution in [0.4, 0.5) is 0 Å². The lowest BCUT2D eigenvalue weighted by molar-refractivity contribution is 0.0721. The maximum absolute atomic E-state index is 13.0. The van der Waals surface area contributed by atoms with Gasteiger partial charge in [0.1, 0.15) is 5.60 Å². The number of rotatable bonds is 3. The molecule has 0 radical (unpaired) electrons. The number of carbonyl (C=O) groups excluding carboxylic acids is 1. The van der Waals surface area contributed by atoms with Gasteiger partial charge in [-0.15, -0.1) is 0 Å². The summed E-state index contributed by atoms with van der Waals surface area (Å²) in [7, 11) is 0. The zero-order chi connectivity index (χ0) is 20.0. The second kappa shape index (κ2) is 6.68. The van der Waals surface area contributed by atoms with Gasteiger partial charge in [0, 0.05) is 17.5 Å². The number of aryl methyl sites for hydroxylation is 1. The summed E-state index contributed by atoms with van der Waals surface area (Å²) in [6.45, 7) is 2.16. The highest BCUT2D eigenvalue weighted by Crippen LogP contribution is 2.42. The van der Waals surface area contributed by atoms with Gasteiger partial charge in [-0.1, -0.05) is 91.9 Å². The van der Waals surface area contributed by atoms with E-state index in [1.54, 1.807) is 0 Å². The molecular weight excluding hydrogens is 356 g/mol. The molecule has 0 aliphatic heterocycles. The monoisotopic (exact) mass is 378 g/mol. The SMILES string of the molecule is CCc1ccc2cc(CC3(O)c4ccccc4C(=O)c4ccccc43)ccc2c1. The third kappa shape index (κ3) is 2.80. The van der Waals surface area contributed by atoms with Crippen molar-refractivity contribution in [1.29, 1.82) is 0 Å². The summed E-state index contributed by atoms with van der Waals surface area (Å²) in [6, 6.07) is 27.7. The smallest absolute Gasteiger partial charge is 0.193 e. The quantitative estimate of drug-likeness (QED) is 0.516. The van der Waals surface area contributed by atoms with Gasteiger partial charge in [-0.3, -0.25) is 4.79 Å². The minimum Gasteiger partial charge on any atom is -0.380 e. The fourth-order valence-corrected chi connectivity index (χ4v) is 4.53. The number of benzene rings is 4. The van der Waals surface area contributed by atoms with Crippen molar-refractivity contribution in [3.8, 4) is 0 Å². The summed E-state index contributed by atoms with van der Waals surface area (Å²) in [4.78, 5) is 13.0. The topological polar surface area (TPSA) is 37.3 Å². The van der Waals surface area contributed by atoms with E-state index in [1.165, 1.54) is 10.9 Å². The second-order valence-corrected chi connectivity index (χ2v) is 7.83. The highest BCUT2D eigenvalue weighted by Gasteiger charge is 2.41. The van der Waals surface area contributed by atoms with Crippen molar-refractivity contribution in [3.05, 3.63) is 118 Å². The fraction of sp³-hybridized carbons (Fsp3) is 0.148. The van der Waals surface area contributed by atoms with Crippen LogP contribution in [0.2, 0.25) is 0 Å². The Kier molecular flexibility index (Phi) is 4.11. The van der Waals surface area contributed by atoms with Crippen LogP contribution in [-0.4, -0.2) is 10.9 Å². The lowest BCUT2D eigenvalue weighted by Gasteiger charge is -2.36. The molecule has 29 heavy (non-hydrogen) atoms. The van der Waals surface area contributed by atoms with Crippen LogP contribution in [0.25, 0.3) is 10.8 Å². The van der Waals surface area contributed by atoms with Crippen LogP contribution in [0.5, 0.6) is 0 Å². The highest BCUT2D eigenvalue weighted by molar-refractivity contribution is 6.13. The van der Waals surface area contributed by atoms with E-state index in [-0.39, 0.29) is 5.78 Å². The summed E-state index contributed by atoms with van der Waals surface area (Å²) >= 11 is 0. The Bertz CT molecular complexity index is 1200. The molecule has 0 heterocycles. The zero-order valence-electron chi connectivity index (χ0n) is 16.4. The molecule has 0 amide bonds. The molecule has 0 spiro atoms. The molecule has 4 aromatic carbocycles. The molecule has 1 N–H and O–H groups in total. The molecule has 0 saturated carbocycles. The van der Waals surface area contributed by atoms with E-state index in [9.17, 15) is 9.90 Å². The van der Waals surface area contributed by atoms with Crippen LogP contribution in [0.15, 0.2) is 84.9 Å². The average molecular weight is 378 g/mol. The predicted octanol–water partition coefficient (Wildman–Crippen LogP) is 5.43. The van der Waals surface area contributed by atoms with E-state index in [4.69, 9.17) is 0 Å². The van der Waals surface area contributed by atoms with Crippen LogP contribution >= 0.6 is 0 Å². The summed E-state index contributed by atoms with van der Waals surface area (Å²) in [6.07, 6.45) is 1.43. The van der Waals surface area contributed by atoms with Crippen molar-refractivity contribution in [1.82, 2.24) is 0 Å². The Labute approximate surface area is 170 Å². The largest absolute Gasteiger partial charge is 0.380 e. The Balaban J connectivity index is 1.65. The van der Waals surface area contributed by atoms with Crippen molar-refractivity contribution in [2.45, 2.75) is 25.4 Å². The molecule has 0 saturated heterocycles. The molecular formula is C27H22O2. The fourth-order valence-electron chi connectivity index (χ4n) is 4.53. The molecule has 5 rings (SSSR count). The maximum atomic E-state index is 13.0. The maximum Gasteiger partial charge on any atom is 0.193 e. The average Bonchev–Trinajstić information content (AvgIpc) is 2.77. The van der Waals surface area contributed by atoms with E-state index < -0.39 is 5.60 Å². The number of ketones is 1. The first-order chi connectivity index (χ1) is 14.1. The minimum atomic E-state index is -1.24. The molecule has 0 bridgehead atoms. The van der Waals surface area contributed by atoms with E-state index >= 15 is 0 Å². The number of carbonyl (C=O) groups is 1. The third-order valence-corrected chi connectivity index (χ3v) is 6.07. The summed E-state index contributed by atoms with van der Waals surface area (Å²) in [5.74, 6) is -0.0218. The molecule has 0 atom stereocenters. The van der Waals surface area contributed by atoms with Gasteiger partial charge in [0.2, 0.25) is 0 Å². The Hall–Kier alpha value is -3.23. The van der Waals surface area contributed by atoms with Gasteiger partial charge < -0.3 is 5.11 Å². The highest BCUT2D eigenvalue weighted by atomic mass is 16.3. The van der Waals surface area contributed by atoms with Crippen LogP contribution in [0.3, 0.4) is 0 Å². The third-order valence-electron chi connectivity index (χ3n) is 6.07. The van der Waals surface area contributed by atoms with Crippen LogP contribution in [-0.2, 0) is 18.4 Å². The molecule has 0 aromatic heterocycles. The van der Waals surface area contributed by atoms with E-state index in [2.05, 4.69) is 43.3 Å². The van der Waals surface area contributed by atoms with Gasteiger partial charge in [0.15, 0.2) is 5.78 Å². The van der Waals surface area contributed by atoms with Crippen molar-refractivity contribution in [2.24, 2.45) is 0 Å². The van der Waals surface area contributed by atoms with Gasteiger partial charge in [-0.2, -0.15) is 0 Å². The van der Waals surface area contributed by atoms with Gasteiger partial charge in [0.05, 0.1) is 0 Å². The zero-order valence-corrected chi connectivity index (χ0v) is 16.4. The van der Waals surface area contributed by atoms with E-state index in [1.807, 2.05) is 48.5 Å². The van der Waals surface area contributed by atoms with Gasteiger partial charge in [0.25, 0.3) is 0 Å². The van der Waals surface area contributed by atoms with Gasteiger partial charge >= 0.3 is 0 Å². The van der Waals surface area contributed by atoms with E-state index in [0.717, 1.165) is 17.4 Å². The minimum absolute atomic E-state index is 0.0218. The van der Waals surface area contributed by atoms with Crippen molar-refractivity contribution >= 4 is 16.6 Å². The molecule has 0 fully saturated rings. The Morgan fingerprint density at radius 2 is 1.24 bits per heavy atom. The van der Waals surface area contributed by atoms with E-state index in [0.29, 0.717) is 28.7 Å². The summed E-state index contributed by atoms with van der Waals surface area (Å²) < 4.78 is 0. The first kappa shape index (κ1) is 17.8. The number of fused-ring (bicyclic) bond motifs is 3. The molecule has 1 aliphatic rings. The number of hydrogen-bond acceptors (Lipinski definition) is 2. The molecule has 2 nitrogen and oxygen atoms in total. The molecule has 1 aliphatic carbocycles. The first-order valence-corrected chi connectivity index (χ1v) is 10.1. The van der Waals surface area contributed by atoms with Crippen molar-refractivity contribution in [2.75, 3.05) is 0 Å². The van der Waals surface area contributed by atoms with Crippen molar-refractivity contribution in [3.63, 3.8) is 0 Å². The van der Waals surface area contributed by atoms with Crippen LogP contribution in [0.1, 0.15) is 45.1 Å². The molecule has 4 aromatic rings. The summed E-state index contributed by atoms with van der Waals surface area (Å²) in [5.41, 5.74) is 3.66. The Morgan fingerprint density at radius 3 is 1.83 bits per heavy atom. The predicted molar refractivity (Wildman–Crippen MR) is 116 cm³/mol. The normalized spacial score (nSPS) is 14.5. The first-order valence-electron chi connectivity index (χ1n) is 10.1. The van der Waals surface area contributed by atoms with Gasteiger partial charge in [-0.05, 0) is 39.4 Å². The second-order valence-electron chi connectivity index (χ2n) is 7.83. The molecule has 142 valence electrons. The summed E-state index contributed by atoms with van der Waals surface area (Å²) in [5, 5.41) is 14.3. The van der Waals surface area contributed by atoms with Gasteiger partial charge in [-0.25, -0.2) is 0 Å². The lowest BCUT2D eigenvalue weighted by Crippen LogP contribution is -2.37. The standard InChI is InChI=1S/C27H22O2/c1-2-18-11-13-21-16-19(12-14-20(21)15-18)17-27(29)24-9-5-3-7-22(24)26(28)23-8-4-6-10-25(23)27/h3-16,29H,2,17H2,1H3. The van der Waals surface area contributed by atoms with Crippen LogP contribution < -0.4 is 0 Å².